The van der Waals surface area contributed by atoms with Crippen LogP contribution >= 0.6 is 0 Å². The SMILES string of the molecule is COc1ccccc1CCC1=N/C(=C/c2cc(OC)c(OC)c(OC)c2)C(=O)O1. The molecular formula is C22H23NO6. The van der Waals surface area contributed by atoms with E-state index in [-0.39, 0.29) is 5.70 Å². The highest BCUT2D eigenvalue weighted by Crippen LogP contribution is 2.39. The molecule has 0 atom stereocenters. The number of carbonyl (C=O) groups is 1. The average Bonchev–Trinajstić information content (AvgIpc) is 3.10. The predicted octanol–water partition coefficient (Wildman–Crippen LogP) is 3.65. The third kappa shape index (κ3) is 4.51. The molecule has 3 rings (SSSR count). The molecular weight excluding hydrogens is 374 g/mol. The Hall–Kier alpha value is -3.48. The van der Waals surface area contributed by atoms with E-state index in [2.05, 4.69) is 4.99 Å². The van der Waals surface area contributed by atoms with Crippen molar-refractivity contribution in [2.45, 2.75) is 12.8 Å². The zero-order chi connectivity index (χ0) is 20.8. The summed E-state index contributed by atoms with van der Waals surface area (Å²) in [7, 11) is 6.23. The molecule has 0 aliphatic carbocycles. The van der Waals surface area contributed by atoms with E-state index in [9.17, 15) is 4.79 Å². The topological polar surface area (TPSA) is 75.6 Å². The van der Waals surface area contributed by atoms with Crippen molar-refractivity contribution >= 4 is 17.9 Å². The van der Waals surface area contributed by atoms with Gasteiger partial charge in [-0.3, -0.25) is 0 Å². The monoisotopic (exact) mass is 397 g/mol. The predicted molar refractivity (Wildman–Crippen MR) is 109 cm³/mol. The van der Waals surface area contributed by atoms with Crippen LogP contribution in [-0.4, -0.2) is 40.3 Å². The molecule has 1 heterocycles. The highest BCUT2D eigenvalue weighted by molar-refractivity contribution is 6.07. The van der Waals surface area contributed by atoms with Gasteiger partial charge in [-0.15, -0.1) is 0 Å². The average molecular weight is 397 g/mol. The lowest BCUT2D eigenvalue weighted by Gasteiger charge is -2.12. The van der Waals surface area contributed by atoms with Crippen LogP contribution in [0.3, 0.4) is 0 Å². The van der Waals surface area contributed by atoms with Gasteiger partial charge in [-0.2, -0.15) is 0 Å². The third-order valence-electron chi connectivity index (χ3n) is 4.46. The van der Waals surface area contributed by atoms with Gasteiger partial charge in [0.05, 0.1) is 28.4 Å². The second kappa shape index (κ2) is 9.14. The minimum absolute atomic E-state index is 0.217. The fourth-order valence-corrected chi connectivity index (χ4v) is 3.05. The summed E-state index contributed by atoms with van der Waals surface area (Å²) in [6.07, 6.45) is 2.76. The summed E-state index contributed by atoms with van der Waals surface area (Å²) in [5.74, 6) is 2.14. The normalized spacial score (nSPS) is 14.4. The van der Waals surface area contributed by atoms with E-state index in [4.69, 9.17) is 23.7 Å². The number of aryl methyl sites for hydroxylation is 1. The minimum atomic E-state index is -0.492. The standard InChI is InChI=1S/C22H23NO6/c1-25-17-8-6-5-7-15(17)9-10-20-23-16(22(24)29-20)11-14-12-18(26-2)21(28-4)19(13-14)27-3/h5-8,11-13H,9-10H2,1-4H3/b16-11+. The third-order valence-corrected chi connectivity index (χ3v) is 4.46. The first kappa shape index (κ1) is 20.3. The number of carbonyl (C=O) groups excluding carboxylic acids is 1. The number of para-hydroxylation sites is 1. The smallest absolute Gasteiger partial charge is 0.363 e. The first-order valence-electron chi connectivity index (χ1n) is 9.03. The van der Waals surface area contributed by atoms with Crippen molar-refractivity contribution in [3.8, 4) is 23.0 Å². The molecule has 1 aliphatic heterocycles. The number of methoxy groups -OCH3 is 4. The van der Waals surface area contributed by atoms with Crippen LogP contribution in [0.15, 0.2) is 47.1 Å². The highest BCUT2D eigenvalue weighted by atomic mass is 16.6. The summed E-state index contributed by atoms with van der Waals surface area (Å²) >= 11 is 0. The molecule has 0 N–H and O–H groups in total. The van der Waals surface area contributed by atoms with Crippen molar-refractivity contribution in [1.29, 1.82) is 0 Å². The van der Waals surface area contributed by atoms with Crippen molar-refractivity contribution in [2.75, 3.05) is 28.4 Å². The van der Waals surface area contributed by atoms with E-state index in [1.165, 1.54) is 21.3 Å². The van der Waals surface area contributed by atoms with Gasteiger partial charge in [-0.1, -0.05) is 18.2 Å². The maximum Gasteiger partial charge on any atom is 0.363 e. The Morgan fingerprint density at radius 2 is 1.55 bits per heavy atom. The molecule has 29 heavy (non-hydrogen) atoms. The number of hydrogen-bond donors (Lipinski definition) is 0. The number of rotatable bonds is 8. The molecule has 0 radical (unpaired) electrons. The van der Waals surface area contributed by atoms with Gasteiger partial charge in [-0.25, -0.2) is 9.79 Å². The first-order valence-corrected chi connectivity index (χ1v) is 9.03. The van der Waals surface area contributed by atoms with Crippen LogP contribution in [0.1, 0.15) is 17.5 Å². The number of benzene rings is 2. The van der Waals surface area contributed by atoms with E-state index in [1.807, 2.05) is 24.3 Å². The van der Waals surface area contributed by atoms with Gasteiger partial charge >= 0.3 is 5.97 Å². The van der Waals surface area contributed by atoms with Crippen LogP contribution in [0, 0.1) is 0 Å². The van der Waals surface area contributed by atoms with Crippen LogP contribution in [-0.2, 0) is 16.0 Å². The van der Waals surface area contributed by atoms with Crippen molar-refractivity contribution in [3.05, 3.63) is 53.2 Å². The van der Waals surface area contributed by atoms with Crippen LogP contribution in [0.25, 0.3) is 6.08 Å². The Morgan fingerprint density at radius 1 is 0.897 bits per heavy atom. The zero-order valence-corrected chi connectivity index (χ0v) is 16.9. The summed E-state index contributed by atoms with van der Waals surface area (Å²) in [4.78, 5) is 16.6. The van der Waals surface area contributed by atoms with E-state index < -0.39 is 5.97 Å². The Kier molecular flexibility index (Phi) is 6.39. The van der Waals surface area contributed by atoms with E-state index in [1.54, 1.807) is 25.3 Å². The van der Waals surface area contributed by atoms with E-state index in [0.717, 1.165) is 11.3 Å². The van der Waals surface area contributed by atoms with Gasteiger partial charge in [-0.05, 0) is 41.8 Å². The zero-order valence-electron chi connectivity index (χ0n) is 16.9. The number of esters is 1. The van der Waals surface area contributed by atoms with Crippen molar-refractivity contribution < 1.29 is 28.5 Å². The summed E-state index contributed by atoms with van der Waals surface area (Å²) in [6, 6.07) is 11.2. The fourth-order valence-electron chi connectivity index (χ4n) is 3.05. The lowest BCUT2D eigenvalue weighted by Crippen LogP contribution is -2.05. The van der Waals surface area contributed by atoms with Crippen LogP contribution in [0.5, 0.6) is 23.0 Å². The van der Waals surface area contributed by atoms with E-state index >= 15 is 0 Å². The van der Waals surface area contributed by atoms with Crippen LogP contribution in [0.4, 0.5) is 0 Å². The van der Waals surface area contributed by atoms with Crippen molar-refractivity contribution in [2.24, 2.45) is 4.99 Å². The first-order chi connectivity index (χ1) is 14.1. The maximum absolute atomic E-state index is 12.2. The Balaban J connectivity index is 1.81. The molecule has 0 bridgehead atoms. The summed E-state index contributed by atoms with van der Waals surface area (Å²) < 4.78 is 26.7. The fraction of sp³-hybridized carbons (Fsp3) is 0.273. The van der Waals surface area contributed by atoms with Gasteiger partial charge in [0.15, 0.2) is 23.1 Å². The minimum Gasteiger partial charge on any atom is -0.496 e. The Labute approximate surface area is 169 Å². The molecule has 1 aliphatic rings. The molecule has 2 aromatic rings. The molecule has 0 fully saturated rings. The largest absolute Gasteiger partial charge is 0.496 e. The van der Waals surface area contributed by atoms with Gasteiger partial charge in [0.25, 0.3) is 0 Å². The Morgan fingerprint density at radius 3 is 2.17 bits per heavy atom. The number of hydrogen-bond acceptors (Lipinski definition) is 7. The molecule has 0 amide bonds. The van der Waals surface area contributed by atoms with Gasteiger partial charge in [0.2, 0.25) is 5.75 Å². The maximum atomic E-state index is 12.2. The number of nitrogens with zero attached hydrogens (tertiary/aromatic N) is 1. The van der Waals surface area contributed by atoms with Gasteiger partial charge in [0, 0.05) is 6.42 Å². The molecule has 152 valence electrons. The lowest BCUT2D eigenvalue weighted by molar-refractivity contribution is -0.130. The second-order valence-electron chi connectivity index (χ2n) is 6.20. The summed E-state index contributed by atoms with van der Waals surface area (Å²) in [5.41, 5.74) is 1.92. The van der Waals surface area contributed by atoms with Gasteiger partial charge < -0.3 is 23.7 Å². The number of cyclic esters (lactones) is 1. The summed E-state index contributed by atoms with van der Waals surface area (Å²) in [6.45, 7) is 0. The molecule has 0 saturated carbocycles. The molecule has 0 spiro atoms. The van der Waals surface area contributed by atoms with Crippen molar-refractivity contribution in [1.82, 2.24) is 0 Å². The van der Waals surface area contributed by atoms with E-state index in [0.29, 0.717) is 41.6 Å². The molecule has 0 saturated heterocycles. The van der Waals surface area contributed by atoms with Crippen LogP contribution in [0.2, 0.25) is 0 Å². The summed E-state index contributed by atoms with van der Waals surface area (Å²) in [5, 5.41) is 0. The highest BCUT2D eigenvalue weighted by Gasteiger charge is 2.23. The molecule has 0 unspecified atom stereocenters. The molecule has 0 aromatic heterocycles. The number of aliphatic imine (C=N–C) groups is 1. The van der Waals surface area contributed by atoms with Crippen molar-refractivity contribution in [3.63, 3.8) is 0 Å². The second-order valence-corrected chi connectivity index (χ2v) is 6.20. The molecule has 7 heteroatoms. The molecule has 7 nitrogen and oxygen atoms in total. The van der Waals surface area contributed by atoms with Gasteiger partial charge in [0.1, 0.15) is 5.75 Å². The quantitative estimate of drug-likeness (QED) is 0.500. The lowest BCUT2D eigenvalue weighted by atomic mass is 10.1. The molecule has 2 aromatic carbocycles. The van der Waals surface area contributed by atoms with Crippen LogP contribution < -0.4 is 18.9 Å². The number of ether oxygens (including phenoxy) is 5. The Bertz CT molecular complexity index is 939.